The molecule has 0 heterocycles. The molecule has 0 aromatic heterocycles. The van der Waals surface area contributed by atoms with Crippen molar-refractivity contribution < 1.29 is 14.7 Å². The molecule has 1 rings (SSSR count). The number of nitrogens with one attached hydrogen (secondary N) is 1. The molecule has 2 N–H and O–H groups in total. The van der Waals surface area contributed by atoms with Gasteiger partial charge in [0.15, 0.2) is 0 Å². The van der Waals surface area contributed by atoms with Crippen molar-refractivity contribution in [3.63, 3.8) is 0 Å². The van der Waals surface area contributed by atoms with Crippen LogP contribution in [0.15, 0.2) is 30.3 Å². The molecule has 1 aromatic rings. The van der Waals surface area contributed by atoms with Gasteiger partial charge in [0.05, 0.1) is 6.04 Å². The van der Waals surface area contributed by atoms with E-state index in [1.54, 1.807) is 0 Å². The van der Waals surface area contributed by atoms with Gasteiger partial charge in [-0.25, -0.2) is 0 Å². The van der Waals surface area contributed by atoms with Crippen LogP contribution in [0.3, 0.4) is 0 Å². The highest BCUT2D eigenvalue weighted by Crippen LogP contribution is 2.18. The number of hydrogen-bond donors (Lipinski definition) is 2. The van der Waals surface area contributed by atoms with Crippen LogP contribution < -0.4 is 5.32 Å². The van der Waals surface area contributed by atoms with Gasteiger partial charge >= 0.3 is 5.97 Å². The monoisotopic (exact) mass is 277 g/mol. The van der Waals surface area contributed by atoms with Crippen LogP contribution in [0.4, 0.5) is 0 Å². The lowest BCUT2D eigenvalue weighted by Crippen LogP contribution is -2.28. The topological polar surface area (TPSA) is 66.4 Å². The van der Waals surface area contributed by atoms with E-state index in [0.717, 1.165) is 18.4 Å². The number of carboxylic acids is 1. The van der Waals surface area contributed by atoms with Gasteiger partial charge in [0.2, 0.25) is 5.91 Å². The minimum Gasteiger partial charge on any atom is -0.481 e. The van der Waals surface area contributed by atoms with Gasteiger partial charge in [0.25, 0.3) is 0 Å². The number of benzene rings is 1. The molecule has 20 heavy (non-hydrogen) atoms. The van der Waals surface area contributed by atoms with E-state index in [4.69, 9.17) is 5.11 Å². The molecule has 0 saturated carbocycles. The number of carboxylic acid groups (broad SMARTS) is 1. The van der Waals surface area contributed by atoms with Crippen LogP contribution in [0.25, 0.3) is 0 Å². The second-order valence-corrected chi connectivity index (χ2v) is 4.92. The molecule has 0 aliphatic carbocycles. The van der Waals surface area contributed by atoms with Gasteiger partial charge in [-0.05, 0) is 24.8 Å². The lowest BCUT2D eigenvalue weighted by molar-refractivity contribution is -0.137. The quantitative estimate of drug-likeness (QED) is 0.681. The van der Waals surface area contributed by atoms with E-state index in [0.29, 0.717) is 19.3 Å². The fourth-order valence-electron chi connectivity index (χ4n) is 2.12. The summed E-state index contributed by atoms with van der Waals surface area (Å²) in [5, 5.41) is 11.6. The van der Waals surface area contributed by atoms with E-state index < -0.39 is 5.97 Å². The fourth-order valence-corrected chi connectivity index (χ4v) is 2.12. The Morgan fingerprint density at radius 3 is 2.40 bits per heavy atom. The van der Waals surface area contributed by atoms with Crippen molar-refractivity contribution >= 4 is 11.9 Å². The zero-order chi connectivity index (χ0) is 14.8. The van der Waals surface area contributed by atoms with Gasteiger partial charge in [-0.2, -0.15) is 0 Å². The first-order valence-corrected chi connectivity index (χ1v) is 7.19. The molecule has 0 aliphatic heterocycles. The second kappa shape index (κ2) is 9.13. The molecule has 0 aliphatic rings. The van der Waals surface area contributed by atoms with Gasteiger partial charge in [-0.3, -0.25) is 9.59 Å². The average molecular weight is 277 g/mol. The normalized spacial score (nSPS) is 11.8. The third kappa shape index (κ3) is 6.36. The molecule has 1 atom stereocenters. The number of unbranched alkanes of at least 4 members (excludes halogenated alkanes) is 1. The van der Waals surface area contributed by atoms with Crippen molar-refractivity contribution in [1.29, 1.82) is 0 Å². The Morgan fingerprint density at radius 1 is 1.15 bits per heavy atom. The SMILES string of the molecule is CCCC(NC(=O)CCCCC(=O)O)c1ccccc1. The van der Waals surface area contributed by atoms with Crippen molar-refractivity contribution in [2.45, 2.75) is 51.5 Å². The third-order valence-corrected chi connectivity index (χ3v) is 3.16. The van der Waals surface area contributed by atoms with Crippen molar-refractivity contribution in [1.82, 2.24) is 5.32 Å². The van der Waals surface area contributed by atoms with Crippen LogP contribution in [0.2, 0.25) is 0 Å². The summed E-state index contributed by atoms with van der Waals surface area (Å²) in [7, 11) is 0. The van der Waals surface area contributed by atoms with Crippen LogP contribution in [0.1, 0.15) is 57.1 Å². The van der Waals surface area contributed by atoms with Crippen LogP contribution in [-0.4, -0.2) is 17.0 Å². The summed E-state index contributed by atoms with van der Waals surface area (Å²) in [6.07, 6.45) is 3.59. The molecule has 110 valence electrons. The predicted molar refractivity (Wildman–Crippen MR) is 78.3 cm³/mol. The molecule has 0 saturated heterocycles. The highest BCUT2D eigenvalue weighted by Gasteiger charge is 2.13. The Morgan fingerprint density at radius 2 is 1.80 bits per heavy atom. The van der Waals surface area contributed by atoms with Crippen LogP contribution in [0.5, 0.6) is 0 Å². The highest BCUT2D eigenvalue weighted by atomic mass is 16.4. The molecule has 0 bridgehead atoms. The van der Waals surface area contributed by atoms with Gasteiger partial charge in [-0.15, -0.1) is 0 Å². The van der Waals surface area contributed by atoms with E-state index >= 15 is 0 Å². The summed E-state index contributed by atoms with van der Waals surface area (Å²) >= 11 is 0. The Hall–Kier alpha value is -1.84. The number of carbonyl (C=O) groups is 2. The van der Waals surface area contributed by atoms with E-state index in [1.807, 2.05) is 30.3 Å². The first-order chi connectivity index (χ1) is 9.63. The van der Waals surface area contributed by atoms with Gasteiger partial charge in [0.1, 0.15) is 0 Å². The maximum atomic E-state index is 11.9. The summed E-state index contributed by atoms with van der Waals surface area (Å²) in [4.78, 5) is 22.3. The van der Waals surface area contributed by atoms with E-state index in [9.17, 15) is 9.59 Å². The third-order valence-electron chi connectivity index (χ3n) is 3.16. The molecule has 4 heteroatoms. The zero-order valence-corrected chi connectivity index (χ0v) is 12.0. The molecule has 1 unspecified atom stereocenters. The lowest BCUT2D eigenvalue weighted by atomic mass is 10.0. The summed E-state index contributed by atoms with van der Waals surface area (Å²) < 4.78 is 0. The number of amides is 1. The zero-order valence-electron chi connectivity index (χ0n) is 12.0. The number of aliphatic carboxylic acids is 1. The van der Waals surface area contributed by atoms with Gasteiger partial charge in [-0.1, -0.05) is 43.7 Å². The van der Waals surface area contributed by atoms with Gasteiger partial charge in [0, 0.05) is 12.8 Å². The number of rotatable bonds is 9. The second-order valence-electron chi connectivity index (χ2n) is 4.92. The maximum Gasteiger partial charge on any atom is 0.303 e. The predicted octanol–water partition coefficient (Wildman–Crippen LogP) is 3.29. The van der Waals surface area contributed by atoms with Crippen molar-refractivity contribution in [3.05, 3.63) is 35.9 Å². The van der Waals surface area contributed by atoms with Gasteiger partial charge < -0.3 is 10.4 Å². The molecule has 0 fully saturated rings. The minimum atomic E-state index is -0.807. The first kappa shape index (κ1) is 16.2. The smallest absolute Gasteiger partial charge is 0.303 e. The van der Waals surface area contributed by atoms with Crippen LogP contribution in [0, 0.1) is 0 Å². The molecule has 0 spiro atoms. The number of carbonyl (C=O) groups excluding carboxylic acids is 1. The summed E-state index contributed by atoms with van der Waals surface area (Å²) in [5.74, 6) is -0.809. The minimum absolute atomic E-state index is 0.00214. The highest BCUT2D eigenvalue weighted by molar-refractivity contribution is 5.76. The molecular weight excluding hydrogens is 254 g/mol. The van der Waals surface area contributed by atoms with E-state index in [2.05, 4.69) is 12.2 Å². The Kier molecular flexibility index (Phi) is 7.40. The fraction of sp³-hybridized carbons (Fsp3) is 0.500. The number of hydrogen-bond acceptors (Lipinski definition) is 2. The Balaban J connectivity index is 2.41. The Labute approximate surface area is 120 Å². The molecular formula is C16H23NO3. The van der Waals surface area contributed by atoms with Crippen molar-refractivity contribution in [2.24, 2.45) is 0 Å². The largest absolute Gasteiger partial charge is 0.481 e. The molecule has 1 amide bonds. The summed E-state index contributed by atoms with van der Waals surface area (Å²) in [6.45, 7) is 2.09. The Bertz CT molecular complexity index is 417. The summed E-state index contributed by atoms with van der Waals surface area (Å²) in [6, 6.07) is 9.98. The maximum absolute atomic E-state index is 11.9. The van der Waals surface area contributed by atoms with Crippen LogP contribution >= 0.6 is 0 Å². The summed E-state index contributed by atoms with van der Waals surface area (Å²) in [5.41, 5.74) is 1.12. The van der Waals surface area contributed by atoms with E-state index in [-0.39, 0.29) is 18.4 Å². The van der Waals surface area contributed by atoms with Crippen LogP contribution in [-0.2, 0) is 9.59 Å². The molecule has 0 radical (unpaired) electrons. The molecule has 1 aromatic carbocycles. The average Bonchev–Trinajstić information content (AvgIpc) is 2.44. The first-order valence-electron chi connectivity index (χ1n) is 7.19. The molecule has 4 nitrogen and oxygen atoms in total. The standard InChI is InChI=1S/C16H23NO3/c1-2-8-14(13-9-4-3-5-10-13)17-15(18)11-6-7-12-16(19)20/h3-5,9-10,14H,2,6-8,11-12H2,1H3,(H,17,18)(H,19,20). The van der Waals surface area contributed by atoms with Crippen molar-refractivity contribution in [3.8, 4) is 0 Å². The van der Waals surface area contributed by atoms with Crippen molar-refractivity contribution in [2.75, 3.05) is 0 Å². The lowest BCUT2D eigenvalue weighted by Gasteiger charge is -2.18. The van der Waals surface area contributed by atoms with E-state index in [1.165, 1.54) is 0 Å².